The molecule has 0 unspecified atom stereocenters. The van der Waals surface area contributed by atoms with E-state index in [0.29, 0.717) is 0 Å². The highest BCUT2D eigenvalue weighted by Crippen LogP contribution is 2.18. The second-order valence-electron chi connectivity index (χ2n) is 3.35. The Morgan fingerprint density at radius 3 is 2.40 bits per heavy atom. The van der Waals surface area contributed by atoms with E-state index in [-0.39, 0.29) is 0 Å². The molecule has 2 heteroatoms. The fourth-order valence-corrected chi connectivity index (χ4v) is 1.34. The number of anilines is 1. The number of allylic oxidation sites excluding steroid dienone is 6. The molecule has 1 aliphatic rings. The largest absolute Gasteiger partial charge is 0.601 e. The predicted octanol–water partition coefficient (Wildman–Crippen LogP) is 3.79. The van der Waals surface area contributed by atoms with Crippen molar-refractivity contribution in [2.24, 2.45) is 0 Å². The molecule has 0 saturated heterocycles. The molecule has 0 radical (unpaired) electrons. The van der Waals surface area contributed by atoms with Crippen LogP contribution in [0.1, 0.15) is 6.92 Å². The van der Waals surface area contributed by atoms with Crippen molar-refractivity contribution in [1.29, 1.82) is 0 Å². The van der Waals surface area contributed by atoms with Crippen molar-refractivity contribution >= 4 is 5.69 Å². The lowest BCUT2D eigenvalue weighted by Gasteiger charge is -2.26. The first-order chi connectivity index (χ1) is 7.36. The van der Waals surface area contributed by atoms with Gasteiger partial charge in [-0.3, -0.25) is 0 Å². The maximum absolute atomic E-state index is 4.30. The molecule has 1 aliphatic carbocycles. The quantitative estimate of drug-likeness (QED) is 0.733. The van der Waals surface area contributed by atoms with Crippen LogP contribution < -0.4 is 5.43 Å². The van der Waals surface area contributed by atoms with Gasteiger partial charge in [0, 0.05) is 5.69 Å². The highest BCUT2D eigenvalue weighted by molar-refractivity contribution is 5.51. The van der Waals surface area contributed by atoms with Crippen LogP contribution in [0.4, 0.5) is 5.69 Å². The van der Waals surface area contributed by atoms with Gasteiger partial charge in [-0.2, -0.15) is 0 Å². The third-order valence-corrected chi connectivity index (χ3v) is 2.21. The van der Waals surface area contributed by atoms with Crippen molar-refractivity contribution in [2.75, 3.05) is 5.43 Å². The van der Waals surface area contributed by atoms with Gasteiger partial charge in [-0.25, -0.2) is 0 Å². The van der Waals surface area contributed by atoms with Gasteiger partial charge in [0.15, 0.2) is 0 Å². The van der Waals surface area contributed by atoms with E-state index in [1.54, 1.807) is 0 Å². The summed E-state index contributed by atoms with van der Waals surface area (Å²) >= 11 is 0. The van der Waals surface area contributed by atoms with Gasteiger partial charge in [0.1, 0.15) is 0 Å². The standard InChI is InChI=1S/C13H13N2/c1-11(12-7-5-6-8-12)14-15-13-9-3-2-4-10-13/h2-10,15H,1H3/q-1. The van der Waals surface area contributed by atoms with Crippen molar-refractivity contribution in [1.82, 2.24) is 0 Å². The molecule has 0 atom stereocenters. The van der Waals surface area contributed by atoms with Gasteiger partial charge in [-0.1, -0.05) is 49.4 Å². The summed E-state index contributed by atoms with van der Waals surface area (Å²) in [5.74, 6) is 0. The van der Waals surface area contributed by atoms with Gasteiger partial charge in [0.25, 0.3) is 0 Å². The molecule has 1 N–H and O–H groups in total. The van der Waals surface area contributed by atoms with E-state index in [2.05, 4.69) is 10.9 Å². The summed E-state index contributed by atoms with van der Waals surface area (Å²) in [6.45, 7) is 1.99. The SMILES string of the molecule is CC([N-]Nc1ccccc1)=C1C=CC=C1. The van der Waals surface area contributed by atoms with Gasteiger partial charge < -0.3 is 10.9 Å². The predicted molar refractivity (Wildman–Crippen MR) is 64.4 cm³/mol. The molecular formula is C13H13N2-. The lowest BCUT2D eigenvalue weighted by molar-refractivity contribution is 1.34. The smallest absolute Gasteiger partial charge is 0.0206 e. The number of benzene rings is 1. The van der Waals surface area contributed by atoms with Gasteiger partial charge in [-0.15, -0.1) is 5.70 Å². The van der Waals surface area contributed by atoms with Gasteiger partial charge in [0.2, 0.25) is 0 Å². The summed E-state index contributed by atoms with van der Waals surface area (Å²) < 4.78 is 0. The fourth-order valence-electron chi connectivity index (χ4n) is 1.34. The van der Waals surface area contributed by atoms with Crippen LogP contribution in [-0.2, 0) is 0 Å². The molecule has 0 fully saturated rings. The Labute approximate surface area is 90.0 Å². The fraction of sp³-hybridized carbons (Fsp3) is 0.0769. The molecule has 0 saturated carbocycles. The Morgan fingerprint density at radius 2 is 1.73 bits per heavy atom. The summed E-state index contributed by atoms with van der Waals surface area (Å²) in [6.07, 6.45) is 8.12. The van der Waals surface area contributed by atoms with Crippen LogP contribution in [0.5, 0.6) is 0 Å². The van der Waals surface area contributed by atoms with E-state index in [1.807, 2.05) is 61.6 Å². The minimum Gasteiger partial charge on any atom is -0.601 e. The molecule has 0 aromatic heterocycles. The highest BCUT2D eigenvalue weighted by Gasteiger charge is 1.90. The molecule has 0 heterocycles. The monoisotopic (exact) mass is 197 g/mol. The number of para-hydroxylation sites is 1. The molecule has 0 spiro atoms. The third kappa shape index (κ3) is 2.50. The Bertz CT molecular complexity index is 399. The van der Waals surface area contributed by atoms with Crippen molar-refractivity contribution in [2.45, 2.75) is 6.92 Å². The number of nitrogens with zero attached hydrogens (tertiary/aromatic N) is 1. The zero-order valence-corrected chi connectivity index (χ0v) is 8.64. The molecular weight excluding hydrogens is 184 g/mol. The summed E-state index contributed by atoms with van der Waals surface area (Å²) in [7, 11) is 0. The first-order valence-corrected chi connectivity index (χ1v) is 4.94. The van der Waals surface area contributed by atoms with Crippen molar-refractivity contribution in [3.8, 4) is 0 Å². The molecule has 1 aromatic carbocycles. The molecule has 1 aromatic rings. The van der Waals surface area contributed by atoms with Crippen LogP contribution in [0.15, 0.2) is 65.9 Å². The molecule has 76 valence electrons. The van der Waals surface area contributed by atoms with Crippen molar-refractivity contribution in [3.63, 3.8) is 0 Å². The second-order valence-corrected chi connectivity index (χ2v) is 3.35. The molecule has 0 aliphatic heterocycles. The zero-order valence-electron chi connectivity index (χ0n) is 8.64. The number of hydrogen-bond donors (Lipinski definition) is 1. The molecule has 2 nitrogen and oxygen atoms in total. The van der Waals surface area contributed by atoms with E-state index in [9.17, 15) is 0 Å². The third-order valence-electron chi connectivity index (χ3n) is 2.21. The maximum atomic E-state index is 4.30. The van der Waals surface area contributed by atoms with Gasteiger partial charge in [0.05, 0.1) is 0 Å². The highest BCUT2D eigenvalue weighted by atomic mass is 15.4. The summed E-state index contributed by atoms with van der Waals surface area (Å²) in [5.41, 5.74) is 10.5. The summed E-state index contributed by atoms with van der Waals surface area (Å²) in [5, 5.41) is 0. The van der Waals surface area contributed by atoms with Crippen molar-refractivity contribution < 1.29 is 0 Å². The van der Waals surface area contributed by atoms with Crippen LogP contribution in [-0.4, -0.2) is 0 Å². The van der Waals surface area contributed by atoms with E-state index in [1.165, 1.54) is 0 Å². The summed E-state index contributed by atoms with van der Waals surface area (Å²) in [4.78, 5) is 0. The van der Waals surface area contributed by atoms with Crippen molar-refractivity contribution in [3.05, 3.63) is 71.3 Å². The Hall–Kier alpha value is -1.96. The molecule has 0 amide bonds. The molecule has 15 heavy (non-hydrogen) atoms. The Kier molecular flexibility index (Phi) is 2.88. The summed E-state index contributed by atoms with van der Waals surface area (Å²) in [6, 6.07) is 9.92. The number of nitrogens with one attached hydrogen (secondary N) is 1. The normalized spacial score (nSPS) is 13.0. The average molecular weight is 197 g/mol. The first kappa shape index (κ1) is 9.59. The minimum atomic E-state index is 0.990. The molecule has 2 rings (SSSR count). The lowest BCUT2D eigenvalue weighted by atomic mass is 10.2. The van der Waals surface area contributed by atoms with E-state index in [4.69, 9.17) is 0 Å². The first-order valence-electron chi connectivity index (χ1n) is 4.94. The van der Waals surface area contributed by atoms with Crippen LogP contribution in [0.25, 0.3) is 5.43 Å². The van der Waals surface area contributed by atoms with Crippen LogP contribution in [0, 0.1) is 0 Å². The Morgan fingerprint density at radius 1 is 1.07 bits per heavy atom. The van der Waals surface area contributed by atoms with E-state index >= 15 is 0 Å². The van der Waals surface area contributed by atoms with Gasteiger partial charge in [-0.05, 0) is 17.7 Å². The zero-order chi connectivity index (χ0) is 10.5. The number of hydrogen-bond acceptors (Lipinski definition) is 1. The average Bonchev–Trinajstić information content (AvgIpc) is 2.81. The molecule has 0 bridgehead atoms. The Balaban J connectivity index is 1.97. The second kappa shape index (κ2) is 4.51. The lowest BCUT2D eigenvalue weighted by Crippen LogP contribution is -1.92. The maximum Gasteiger partial charge on any atom is 0.0206 e. The van der Waals surface area contributed by atoms with Crippen LogP contribution in [0.2, 0.25) is 0 Å². The van der Waals surface area contributed by atoms with Gasteiger partial charge >= 0.3 is 0 Å². The van der Waals surface area contributed by atoms with Crippen LogP contribution in [0.3, 0.4) is 0 Å². The number of rotatable bonds is 3. The van der Waals surface area contributed by atoms with Crippen LogP contribution >= 0.6 is 0 Å². The minimum absolute atomic E-state index is 0.990. The van der Waals surface area contributed by atoms with E-state index < -0.39 is 0 Å². The topological polar surface area (TPSA) is 26.1 Å². The van der Waals surface area contributed by atoms with E-state index in [0.717, 1.165) is 17.0 Å².